The number of anilines is 1. The summed E-state index contributed by atoms with van der Waals surface area (Å²) in [5.41, 5.74) is 2.52. The van der Waals surface area contributed by atoms with E-state index >= 15 is 0 Å². The Morgan fingerprint density at radius 3 is 2.68 bits per heavy atom. The first kappa shape index (κ1) is 13.7. The highest BCUT2D eigenvalue weighted by Gasteiger charge is 2.09. The molecular formula is C15H15BrN2O. The van der Waals surface area contributed by atoms with Gasteiger partial charge < -0.3 is 4.90 Å². The van der Waals surface area contributed by atoms with Crippen LogP contribution in [0.2, 0.25) is 0 Å². The first-order valence-electron chi connectivity index (χ1n) is 5.97. The normalized spacial score (nSPS) is 10.3. The van der Waals surface area contributed by atoms with Crippen molar-refractivity contribution in [2.75, 3.05) is 19.0 Å². The van der Waals surface area contributed by atoms with Gasteiger partial charge in [0.2, 0.25) is 0 Å². The smallest absolute Gasteiger partial charge is 0.168 e. The maximum Gasteiger partial charge on any atom is 0.168 e. The number of halogens is 1. The first-order valence-corrected chi connectivity index (χ1v) is 6.76. The van der Waals surface area contributed by atoms with Crippen LogP contribution in [0.25, 0.3) is 0 Å². The second kappa shape index (κ2) is 5.97. The van der Waals surface area contributed by atoms with E-state index in [1.807, 2.05) is 55.4 Å². The van der Waals surface area contributed by atoms with E-state index in [0.29, 0.717) is 6.42 Å². The Bertz CT molecular complexity index is 579. The molecule has 3 nitrogen and oxygen atoms in total. The van der Waals surface area contributed by atoms with Crippen LogP contribution in [0.5, 0.6) is 0 Å². The summed E-state index contributed by atoms with van der Waals surface area (Å²) >= 11 is 3.33. The summed E-state index contributed by atoms with van der Waals surface area (Å²) in [6.07, 6.45) is 2.03. The van der Waals surface area contributed by atoms with Crippen LogP contribution in [-0.2, 0) is 6.42 Å². The van der Waals surface area contributed by atoms with Crippen molar-refractivity contribution < 1.29 is 4.79 Å². The average molecular weight is 319 g/mol. The maximum absolute atomic E-state index is 12.2. The molecule has 0 saturated carbocycles. The Balaban J connectivity index is 2.15. The summed E-state index contributed by atoms with van der Waals surface area (Å²) in [4.78, 5) is 18.4. The molecule has 0 aliphatic heterocycles. The standard InChI is InChI=1S/C15H15BrN2O/c1-18(2)14-5-3-4-11(8-14)15(19)9-13-7-6-12(16)10-17-13/h3-8,10H,9H2,1-2H3. The van der Waals surface area contributed by atoms with Gasteiger partial charge in [-0.3, -0.25) is 9.78 Å². The Morgan fingerprint density at radius 1 is 1.26 bits per heavy atom. The molecular weight excluding hydrogens is 304 g/mol. The SMILES string of the molecule is CN(C)c1cccc(C(=O)Cc2ccc(Br)cn2)c1. The topological polar surface area (TPSA) is 33.2 Å². The third-order valence-electron chi connectivity index (χ3n) is 2.81. The molecule has 0 fully saturated rings. The number of aromatic nitrogens is 1. The summed E-state index contributed by atoms with van der Waals surface area (Å²) in [5, 5.41) is 0. The second-order valence-electron chi connectivity index (χ2n) is 4.51. The zero-order chi connectivity index (χ0) is 13.8. The van der Waals surface area contributed by atoms with Gasteiger partial charge in [-0.25, -0.2) is 0 Å². The van der Waals surface area contributed by atoms with E-state index in [2.05, 4.69) is 20.9 Å². The summed E-state index contributed by atoms with van der Waals surface area (Å²) in [6.45, 7) is 0. The number of ketones is 1. The van der Waals surface area contributed by atoms with Gasteiger partial charge in [-0.05, 0) is 40.2 Å². The first-order chi connectivity index (χ1) is 9.06. The summed E-state index contributed by atoms with van der Waals surface area (Å²) in [5.74, 6) is 0.0820. The third-order valence-corrected chi connectivity index (χ3v) is 3.28. The number of benzene rings is 1. The minimum absolute atomic E-state index is 0.0820. The van der Waals surface area contributed by atoms with Gasteiger partial charge >= 0.3 is 0 Å². The van der Waals surface area contributed by atoms with Crippen molar-refractivity contribution in [2.45, 2.75) is 6.42 Å². The number of carbonyl (C=O) groups excluding carboxylic acids is 1. The summed E-state index contributed by atoms with van der Waals surface area (Å²) in [7, 11) is 3.92. The average Bonchev–Trinajstić information content (AvgIpc) is 2.41. The molecule has 0 amide bonds. The van der Waals surface area contributed by atoms with E-state index in [0.717, 1.165) is 21.4 Å². The molecule has 2 aromatic rings. The van der Waals surface area contributed by atoms with Gasteiger partial charge in [-0.1, -0.05) is 12.1 Å². The quantitative estimate of drug-likeness (QED) is 0.811. The summed E-state index contributed by atoms with van der Waals surface area (Å²) in [6, 6.07) is 11.4. The predicted octanol–water partition coefficient (Wildman–Crippen LogP) is 3.34. The highest BCUT2D eigenvalue weighted by Crippen LogP contribution is 2.15. The van der Waals surface area contributed by atoms with Crippen molar-refractivity contribution in [3.05, 3.63) is 58.3 Å². The number of hydrogen-bond acceptors (Lipinski definition) is 3. The molecule has 0 aliphatic rings. The fraction of sp³-hybridized carbons (Fsp3) is 0.200. The van der Waals surface area contributed by atoms with Gasteiger partial charge in [0.15, 0.2) is 5.78 Å². The number of nitrogens with zero attached hydrogens (tertiary/aromatic N) is 2. The van der Waals surface area contributed by atoms with Crippen LogP contribution in [0.15, 0.2) is 47.1 Å². The molecule has 0 bridgehead atoms. The van der Waals surface area contributed by atoms with Gasteiger partial charge in [-0.15, -0.1) is 0 Å². The summed E-state index contributed by atoms with van der Waals surface area (Å²) < 4.78 is 0.915. The van der Waals surface area contributed by atoms with Crippen molar-refractivity contribution >= 4 is 27.4 Å². The molecule has 0 radical (unpaired) electrons. The number of rotatable bonds is 4. The molecule has 98 valence electrons. The monoisotopic (exact) mass is 318 g/mol. The maximum atomic E-state index is 12.2. The van der Waals surface area contributed by atoms with E-state index in [9.17, 15) is 4.79 Å². The largest absolute Gasteiger partial charge is 0.378 e. The molecule has 1 aromatic carbocycles. The van der Waals surface area contributed by atoms with E-state index in [1.54, 1.807) is 6.20 Å². The Hall–Kier alpha value is -1.68. The molecule has 1 aromatic heterocycles. The van der Waals surface area contributed by atoms with Crippen molar-refractivity contribution in [2.24, 2.45) is 0 Å². The van der Waals surface area contributed by atoms with E-state index in [1.165, 1.54) is 0 Å². The molecule has 1 heterocycles. The van der Waals surface area contributed by atoms with Crippen LogP contribution in [0.3, 0.4) is 0 Å². The number of carbonyl (C=O) groups is 1. The number of Topliss-reactive ketones (excluding diaryl/α,β-unsaturated/α-hetero) is 1. The molecule has 0 saturated heterocycles. The van der Waals surface area contributed by atoms with Gasteiger partial charge in [0.25, 0.3) is 0 Å². The number of pyridine rings is 1. The highest BCUT2D eigenvalue weighted by atomic mass is 79.9. The van der Waals surface area contributed by atoms with Crippen molar-refractivity contribution in [3.8, 4) is 0 Å². The van der Waals surface area contributed by atoms with E-state index in [4.69, 9.17) is 0 Å². The number of hydrogen-bond donors (Lipinski definition) is 0. The molecule has 2 rings (SSSR count). The van der Waals surface area contributed by atoms with Crippen LogP contribution in [-0.4, -0.2) is 24.9 Å². The molecule has 0 unspecified atom stereocenters. The van der Waals surface area contributed by atoms with Gasteiger partial charge in [0.05, 0.1) is 6.42 Å². The molecule has 0 aliphatic carbocycles. The zero-order valence-electron chi connectivity index (χ0n) is 10.9. The predicted molar refractivity (Wildman–Crippen MR) is 80.7 cm³/mol. The third kappa shape index (κ3) is 3.64. The minimum Gasteiger partial charge on any atom is -0.378 e. The Kier molecular flexibility index (Phi) is 4.32. The van der Waals surface area contributed by atoms with Gasteiger partial charge in [-0.2, -0.15) is 0 Å². The van der Waals surface area contributed by atoms with Crippen LogP contribution in [0.1, 0.15) is 16.1 Å². The van der Waals surface area contributed by atoms with Gasteiger partial charge in [0, 0.05) is 41.7 Å². The van der Waals surface area contributed by atoms with Crippen LogP contribution in [0.4, 0.5) is 5.69 Å². The zero-order valence-corrected chi connectivity index (χ0v) is 12.5. The minimum atomic E-state index is 0.0820. The van der Waals surface area contributed by atoms with Crippen LogP contribution < -0.4 is 4.90 Å². The lowest BCUT2D eigenvalue weighted by Crippen LogP contribution is -2.10. The van der Waals surface area contributed by atoms with Crippen LogP contribution >= 0.6 is 15.9 Å². The van der Waals surface area contributed by atoms with Crippen molar-refractivity contribution in [1.29, 1.82) is 0 Å². The highest BCUT2D eigenvalue weighted by molar-refractivity contribution is 9.10. The second-order valence-corrected chi connectivity index (χ2v) is 5.43. The molecule has 4 heteroatoms. The van der Waals surface area contributed by atoms with Crippen molar-refractivity contribution in [1.82, 2.24) is 4.98 Å². The molecule has 0 N–H and O–H groups in total. The molecule has 19 heavy (non-hydrogen) atoms. The van der Waals surface area contributed by atoms with Crippen LogP contribution in [0, 0.1) is 0 Å². The lowest BCUT2D eigenvalue weighted by molar-refractivity contribution is 0.0992. The molecule has 0 spiro atoms. The van der Waals surface area contributed by atoms with E-state index in [-0.39, 0.29) is 5.78 Å². The van der Waals surface area contributed by atoms with E-state index < -0.39 is 0 Å². The molecule has 0 atom stereocenters. The van der Waals surface area contributed by atoms with Gasteiger partial charge in [0.1, 0.15) is 0 Å². The lowest BCUT2D eigenvalue weighted by Gasteiger charge is -2.13. The Labute approximate surface area is 121 Å². The Morgan fingerprint density at radius 2 is 2.05 bits per heavy atom. The fourth-order valence-corrected chi connectivity index (χ4v) is 1.97. The van der Waals surface area contributed by atoms with Crippen molar-refractivity contribution in [3.63, 3.8) is 0 Å². The fourth-order valence-electron chi connectivity index (χ4n) is 1.74. The lowest BCUT2D eigenvalue weighted by atomic mass is 10.1.